The Bertz CT molecular complexity index is 153. The highest BCUT2D eigenvalue weighted by Gasteiger charge is 2.39. The Morgan fingerprint density at radius 1 is 1.13 bits per heavy atom. The maximum atomic E-state index is 5.87. The maximum Gasteiger partial charge on any atom is 0.500 e. The molecule has 92 valence electrons. The van der Waals surface area contributed by atoms with Gasteiger partial charge in [-0.25, -0.2) is 0 Å². The van der Waals surface area contributed by atoms with Gasteiger partial charge in [0.1, 0.15) is 0 Å². The van der Waals surface area contributed by atoms with Crippen molar-refractivity contribution in [3.8, 4) is 0 Å². The lowest BCUT2D eigenvalue weighted by Crippen LogP contribution is -2.46. The van der Waals surface area contributed by atoms with E-state index >= 15 is 0 Å². The lowest BCUT2D eigenvalue weighted by atomic mass is 10.3. The van der Waals surface area contributed by atoms with Gasteiger partial charge in [-0.2, -0.15) is 0 Å². The van der Waals surface area contributed by atoms with E-state index in [-0.39, 0.29) is 6.10 Å². The van der Waals surface area contributed by atoms with Gasteiger partial charge < -0.3 is 13.3 Å². The van der Waals surface area contributed by atoms with Gasteiger partial charge in [0.25, 0.3) is 0 Å². The molecule has 0 aliphatic rings. The van der Waals surface area contributed by atoms with Crippen LogP contribution in [0.3, 0.4) is 0 Å². The minimum absolute atomic E-state index is 0.171. The van der Waals surface area contributed by atoms with Gasteiger partial charge in [0.05, 0.1) is 0 Å². The van der Waals surface area contributed by atoms with Crippen LogP contribution in [0.4, 0.5) is 0 Å². The topological polar surface area (TPSA) is 27.7 Å². The molecule has 0 heterocycles. The smallest absolute Gasteiger partial charge is 0.377 e. The minimum atomic E-state index is -2.37. The number of rotatable bonds is 9. The molecular formula is C11H26O3Si. The lowest BCUT2D eigenvalue weighted by molar-refractivity contribution is 0.0561. The van der Waals surface area contributed by atoms with E-state index in [1.54, 1.807) is 7.11 Å². The first-order valence-corrected chi connectivity index (χ1v) is 7.90. The molecule has 0 aromatic rings. The molecule has 0 N–H and O–H groups in total. The zero-order valence-corrected chi connectivity index (χ0v) is 11.8. The fourth-order valence-electron chi connectivity index (χ4n) is 1.54. The number of unbranched alkanes of at least 4 members (excludes halogenated alkanes) is 2. The second kappa shape index (κ2) is 8.27. The Kier molecular flexibility index (Phi) is 8.33. The van der Waals surface area contributed by atoms with Crippen LogP contribution in [0.5, 0.6) is 0 Å². The van der Waals surface area contributed by atoms with Crippen molar-refractivity contribution in [2.24, 2.45) is 0 Å². The van der Waals surface area contributed by atoms with Crippen molar-refractivity contribution in [1.29, 1.82) is 0 Å². The Labute approximate surface area is 95.5 Å². The molecule has 0 aliphatic heterocycles. The highest BCUT2D eigenvalue weighted by molar-refractivity contribution is 6.60. The molecule has 3 nitrogen and oxygen atoms in total. The highest BCUT2D eigenvalue weighted by Crippen LogP contribution is 2.20. The largest absolute Gasteiger partial charge is 0.500 e. The molecule has 0 bridgehead atoms. The molecule has 15 heavy (non-hydrogen) atoms. The third-order valence-electron chi connectivity index (χ3n) is 2.18. The van der Waals surface area contributed by atoms with Gasteiger partial charge in [-0.15, -0.1) is 0 Å². The van der Waals surface area contributed by atoms with E-state index in [4.69, 9.17) is 13.3 Å². The highest BCUT2D eigenvalue weighted by atomic mass is 28.4. The standard InChI is InChI=1S/C11H26O3Si/c1-6-8-9-10-15(12-5,13-7-2)14-11(3)4/h11H,6-10H2,1-5H3. The predicted molar refractivity (Wildman–Crippen MR) is 64.9 cm³/mol. The maximum absolute atomic E-state index is 5.87. The summed E-state index contributed by atoms with van der Waals surface area (Å²) in [7, 11) is -0.665. The molecule has 0 saturated heterocycles. The Morgan fingerprint density at radius 2 is 1.80 bits per heavy atom. The van der Waals surface area contributed by atoms with E-state index in [1.165, 1.54) is 12.8 Å². The third-order valence-corrected chi connectivity index (χ3v) is 5.32. The zero-order valence-electron chi connectivity index (χ0n) is 10.8. The summed E-state index contributed by atoms with van der Waals surface area (Å²) in [5, 5.41) is 0. The summed E-state index contributed by atoms with van der Waals surface area (Å²) in [5.74, 6) is 0. The van der Waals surface area contributed by atoms with Crippen LogP contribution in [0.1, 0.15) is 47.0 Å². The molecular weight excluding hydrogens is 208 g/mol. The Balaban J connectivity index is 4.22. The summed E-state index contributed by atoms with van der Waals surface area (Å²) < 4.78 is 17.1. The van der Waals surface area contributed by atoms with E-state index in [0.29, 0.717) is 6.61 Å². The lowest BCUT2D eigenvalue weighted by Gasteiger charge is -2.29. The SMILES string of the molecule is CCCCC[Si](OC)(OCC)OC(C)C. The van der Waals surface area contributed by atoms with Crippen LogP contribution in [-0.4, -0.2) is 28.6 Å². The van der Waals surface area contributed by atoms with Gasteiger partial charge in [-0.05, 0) is 27.2 Å². The van der Waals surface area contributed by atoms with Crippen molar-refractivity contribution >= 4 is 8.80 Å². The number of hydrogen-bond donors (Lipinski definition) is 0. The molecule has 0 spiro atoms. The Hall–Kier alpha value is 0.0969. The van der Waals surface area contributed by atoms with Gasteiger partial charge in [0.15, 0.2) is 0 Å². The second-order valence-electron chi connectivity index (χ2n) is 3.94. The van der Waals surface area contributed by atoms with Crippen LogP contribution in [0.15, 0.2) is 0 Å². The fraction of sp³-hybridized carbons (Fsp3) is 1.00. The molecule has 0 aromatic heterocycles. The van der Waals surface area contributed by atoms with Gasteiger partial charge >= 0.3 is 8.80 Å². The summed E-state index contributed by atoms with van der Waals surface area (Å²) >= 11 is 0. The molecule has 4 heteroatoms. The first-order chi connectivity index (χ1) is 7.10. The van der Waals surface area contributed by atoms with E-state index in [0.717, 1.165) is 12.5 Å². The summed E-state index contributed by atoms with van der Waals surface area (Å²) in [6.07, 6.45) is 3.72. The van der Waals surface area contributed by atoms with Crippen LogP contribution in [-0.2, 0) is 13.3 Å². The second-order valence-corrected chi connectivity index (χ2v) is 6.74. The molecule has 0 aromatic carbocycles. The molecule has 0 saturated carbocycles. The van der Waals surface area contributed by atoms with Crippen molar-refractivity contribution in [1.82, 2.24) is 0 Å². The number of hydrogen-bond acceptors (Lipinski definition) is 3. The Morgan fingerprint density at radius 3 is 2.20 bits per heavy atom. The van der Waals surface area contributed by atoms with Crippen LogP contribution in [0, 0.1) is 0 Å². The minimum Gasteiger partial charge on any atom is -0.377 e. The van der Waals surface area contributed by atoms with Gasteiger partial charge in [-0.3, -0.25) is 0 Å². The van der Waals surface area contributed by atoms with Gasteiger partial charge in [0.2, 0.25) is 0 Å². The van der Waals surface area contributed by atoms with Crippen LogP contribution >= 0.6 is 0 Å². The first-order valence-electron chi connectivity index (χ1n) is 5.97. The van der Waals surface area contributed by atoms with Crippen LogP contribution in [0.25, 0.3) is 0 Å². The van der Waals surface area contributed by atoms with E-state index in [1.807, 2.05) is 20.8 Å². The zero-order chi connectivity index (χ0) is 11.7. The van der Waals surface area contributed by atoms with E-state index in [2.05, 4.69) is 6.92 Å². The average Bonchev–Trinajstić information content (AvgIpc) is 2.17. The molecule has 0 amide bonds. The van der Waals surface area contributed by atoms with Crippen LogP contribution in [0.2, 0.25) is 6.04 Å². The average molecular weight is 234 g/mol. The molecule has 0 fully saturated rings. The summed E-state index contributed by atoms with van der Waals surface area (Å²) in [5.41, 5.74) is 0. The molecule has 0 radical (unpaired) electrons. The van der Waals surface area contributed by atoms with Gasteiger partial charge in [-0.1, -0.05) is 19.8 Å². The normalized spacial score (nSPS) is 15.6. The van der Waals surface area contributed by atoms with E-state index < -0.39 is 8.80 Å². The van der Waals surface area contributed by atoms with Crippen molar-refractivity contribution < 1.29 is 13.3 Å². The summed E-state index contributed by atoms with van der Waals surface area (Å²) in [6.45, 7) is 8.91. The molecule has 0 rings (SSSR count). The van der Waals surface area contributed by atoms with Crippen molar-refractivity contribution in [2.75, 3.05) is 13.7 Å². The summed E-state index contributed by atoms with van der Waals surface area (Å²) in [4.78, 5) is 0. The van der Waals surface area contributed by atoms with E-state index in [9.17, 15) is 0 Å². The first kappa shape index (κ1) is 15.1. The van der Waals surface area contributed by atoms with Gasteiger partial charge in [0, 0.05) is 25.9 Å². The van der Waals surface area contributed by atoms with Crippen molar-refractivity contribution in [2.45, 2.75) is 59.1 Å². The quantitative estimate of drug-likeness (QED) is 0.453. The fourth-order valence-corrected chi connectivity index (χ4v) is 4.13. The predicted octanol–water partition coefficient (Wildman–Crippen LogP) is 3.22. The summed E-state index contributed by atoms with van der Waals surface area (Å²) in [6, 6.07) is 0.934. The molecule has 1 unspecified atom stereocenters. The molecule has 0 aliphatic carbocycles. The van der Waals surface area contributed by atoms with Crippen molar-refractivity contribution in [3.63, 3.8) is 0 Å². The monoisotopic (exact) mass is 234 g/mol. The van der Waals surface area contributed by atoms with Crippen molar-refractivity contribution in [3.05, 3.63) is 0 Å². The third kappa shape index (κ3) is 6.30. The molecule has 1 atom stereocenters. The van der Waals surface area contributed by atoms with Crippen LogP contribution < -0.4 is 0 Å².